The number of aldehydes is 1. The number of carbonyl (C=O) groups excluding carboxylic acids is 1. The van der Waals surface area contributed by atoms with Crippen LogP contribution < -0.4 is 0 Å². The van der Waals surface area contributed by atoms with E-state index in [4.69, 9.17) is 0 Å². The zero-order valence-corrected chi connectivity index (χ0v) is 11.1. The lowest BCUT2D eigenvalue weighted by Gasteiger charge is -1.99. The minimum Gasteiger partial charge on any atom is -0.508 e. The number of hydrogen-bond acceptors (Lipinski definition) is 2. The number of fused-ring (bicyclic) bond motifs is 2. The summed E-state index contributed by atoms with van der Waals surface area (Å²) in [6, 6.07) is 10.8. The Morgan fingerprint density at radius 3 is 2.43 bits per heavy atom. The standard InChI is InChI=1S/C17H12N2O2/c20-9-10-1-3-12-14(7-19-17(12)5-10)15-8-18-16-4-2-11(21)6-13(15)16/h1-9,18-19,21H. The van der Waals surface area contributed by atoms with E-state index in [1.807, 2.05) is 30.6 Å². The third-order valence-corrected chi connectivity index (χ3v) is 3.80. The molecule has 2 aromatic heterocycles. The summed E-state index contributed by atoms with van der Waals surface area (Å²) >= 11 is 0. The van der Waals surface area contributed by atoms with Crippen LogP contribution in [0.25, 0.3) is 32.9 Å². The van der Waals surface area contributed by atoms with E-state index in [0.29, 0.717) is 5.56 Å². The number of aromatic hydroxyl groups is 1. The minimum atomic E-state index is 0.242. The van der Waals surface area contributed by atoms with E-state index >= 15 is 0 Å². The van der Waals surface area contributed by atoms with Crippen LogP contribution in [0.1, 0.15) is 10.4 Å². The van der Waals surface area contributed by atoms with Gasteiger partial charge >= 0.3 is 0 Å². The van der Waals surface area contributed by atoms with Gasteiger partial charge in [0.2, 0.25) is 0 Å². The first-order valence-electron chi connectivity index (χ1n) is 6.63. The molecule has 0 aliphatic heterocycles. The van der Waals surface area contributed by atoms with E-state index < -0.39 is 0 Å². The van der Waals surface area contributed by atoms with Crippen molar-refractivity contribution in [3.63, 3.8) is 0 Å². The van der Waals surface area contributed by atoms with Gasteiger partial charge in [-0.25, -0.2) is 0 Å². The van der Waals surface area contributed by atoms with Crippen molar-refractivity contribution in [1.82, 2.24) is 9.97 Å². The number of rotatable bonds is 2. The normalized spacial score (nSPS) is 11.2. The monoisotopic (exact) mass is 276 g/mol. The van der Waals surface area contributed by atoms with Gasteiger partial charge in [-0.3, -0.25) is 4.79 Å². The topological polar surface area (TPSA) is 68.9 Å². The molecule has 0 radical (unpaired) electrons. The fraction of sp³-hybridized carbons (Fsp3) is 0. The lowest BCUT2D eigenvalue weighted by molar-refractivity contribution is 0.112. The average Bonchev–Trinajstić information content (AvgIpc) is 3.09. The van der Waals surface area contributed by atoms with Gasteiger partial charge in [0.1, 0.15) is 12.0 Å². The largest absolute Gasteiger partial charge is 0.508 e. The highest BCUT2D eigenvalue weighted by Gasteiger charge is 2.11. The number of aromatic nitrogens is 2. The Morgan fingerprint density at radius 1 is 0.857 bits per heavy atom. The SMILES string of the molecule is O=Cc1ccc2c(-c3c[nH]c4ccc(O)cc34)c[nH]c2c1. The highest BCUT2D eigenvalue weighted by Crippen LogP contribution is 2.35. The van der Waals surface area contributed by atoms with Crippen LogP contribution >= 0.6 is 0 Å². The van der Waals surface area contributed by atoms with Crippen molar-refractivity contribution in [3.8, 4) is 16.9 Å². The Kier molecular flexibility index (Phi) is 2.38. The molecular formula is C17H12N2O2. The number of carbonyl (C=O) groups is 1. The van der Waals surface area contributed by atoms with Gasteiger partial charge in [0.05, 0.1) is 0 Å². The summed E-state index contributed by atoms with van der Waals surface area (Å²) in [5.74, 6) is 0.242. The van der Waals surface area contributed by atoms with Crippen molar-refractivity contribution in [2.45, 2.75) is 0 Å². The lowest BCUT2D eigenvalue weighted by Crippen LogP contribution is -1.79. The Morgan fingerprint density at radius 2 is 1.62 bits per heavy atom. The first-order valence-corrected chi connectivity index (χ1v) is 6.63. The van der Waals surface area contributed by atoms with Crippen LogP contribution in [0.3, 0.4) is 0 Å². The maximum absolute atomic E-state index is 10.9. The van der Waals surface area contributed by atoms with Gasteiger partial charge in [0.25, 0.3) is 0 Å². The summed E-state index contributed by atoms with van der Waals surface area (Å²) in [4.78, 5) is 17.3. The molecule has 102 valence electrons. The summed E-state index contributed by atoms with van der Waals surface area (Å²) in [6.07, 6.45) is 4.69. The molecule has 0 saturated heterocycles. The highest BCUT2D eigenvalue weighted by atomic mass is 16.3. The third kappa shape index (κ3) is 1.73. The smallest absolute Gasteiger partial charge is 0.150 e. The van der Waals surface area contributed by atoms with Crippen LogP contribution in [0.4, 0.5) is 0 Å². The number of hydrogen-bond donors (Lipinski definition) is 3. The Balaban J connectivity index is 2.00. The van der Waals surface area contributed by atoms with Crippen LogP contribution in [0.5, 0.6) is 5.75 Å². The molecule has 0 amide bonds. The second kappa shape index (κ2) is 4.24. The second-order valence-corrected chi connectivity index (χ2v) is 5.06. The molecule has 4 nitrogen and oxygen atoms in total. The predicted octanol–water partition coefficient (Wildman–Crippen LogP) is 3.83. The van der Waals surface area contributed by atoms with Gasteiger partial charge in [0, 0.05) is 50.9 Å². The number of phenols is 1. The second-order valence-electron chi connectivity index (χ2n) is 5.06. The average molecular weight is 276 g/mol. The molecule has 4 rings (SSSR count). The van der Waals surface area contributed by atoms with E-state index in [2.05, 4.69) is 9.97 Å². The maximum atomic E-state index is 10.9. The zero-order chi connectivity index (χ0) is 14.4. The predicted molar refractivity (Wildman–Crippen MR) is 82.6 cm³/mol. The molecule has 0 saturated carbocycles. The quantitative estimate of drug-likeness (QED) is 0.487. The van der Waals surface area contributed by atoms with Crippen molar-refractivity contribution >= 4 is 28.1 Å². The van der Waals surface area contributed by atoms with Crippen molar-refractivity contribution in [3.05, 3.63) is 54.4 Å². The van der Waals surface area contributed by atoms with Crippen LogP contribution in [-0.2, 0) is 0 Å². The molecule has 2 aromatic carbocycles. The van der Waals surface area contributed by atoms with Crippen molar-refractivity contribution in [2.24, 2.45) is 0 Å². The molecule has 0 aliphatic carbocycles. The summed E-state index contributed by atoms with van der Waals surface area (Å²) in [5, 5.41) is 11.7. The first-order chi connectivity index (χ1) is 10.3. The molecule has 3 N–H and O–H groups in total. The van der Waals surface area contributed by atoms with Gasteiger partial charge in [-0.15, -0.1) is 0 Å². The molecule has 0 unspecified atom stereocenters. The summed E-state index contributed by atoms with van der Waals surface area (Å²) in [6.45, 7) is 0. The molecular weight excluding hydrogens is 264 g/mol. The molecule has 0 spiro atoms. The van der Waals surface area contributed by atoms with Gasteiger partial charge in [-0.2, -0.15) is 0 Å². The van der Waals surface area contributed by atoms with Gasteiger partial charge in [0.15, 0.2) is 0 Å². The molecule has 21 heavy (non-hydrogen) atoms. The molecule has 4 aromatic rings. The Hall–Kier alpha value is -3.01. The molecule has 0 fully saturated rings. The minimum absolute atomic E-state index is 0.242. The first kappa shape index (κ1) is 11.8. The molecule has 0 aliphatic rings. The number of phenolic OH excluding ortho intramolecular Hbond substituents is 1. The number of nitrogens with one attached hydrogen (secondary N) is 2. The molecule has 0 bridgehead atoms. The van der Waals surface area contributed by atoms with Gasteiger partial charge in [-0.05, 0) is 24.3 Å². The summed E-state index contributed by atoms with van der Waals surface area (Å²) < 4.78 is 0. The summed E-state index contributed by atoms with van der Waals surface area (Å²) in [7, 11) is 0. The maximum Gasteiger partial charge on any atom is 0.150 e. The zero-order valence-electron chi connectivity index (χ0n) is 11.1. The van der Waals surface area contributed by atoms with Crippen LogP contribution in [0.2, 0.25) is 0 Å². The molecule has 4 heteroatoms. The number of benzene rings is 2. The highest BCUT2D eigenvalue weighted by molar-refractivity contribution is 6.05. The van der Waals surface area contributed by atoms with Crippen molar-refractivity contribution in [2.75, 3.05) is 0 Å². The number of H-pyrrole nitrogens is 2. The fourth-order valence-corrected chi connectivity index (χ4v) is 2.77. The lowest BCUT2D eigenvalue weighted by atomic mass is 10.0. The van der Waals surface area contributed by atoms with Crippen LogP contribution in [0, 0.1) is 0 Å². The summed E-state index contributed by atoms with van der Waals surface area (Å²) in [5.41, 5.74) is 4.60. The Bertz CT molecular complexity index is 979. The van der Waals surface area contributed by atoms with E-state index in [0.717, 1.165) is 39.2 Å². The van der Waals surface area contributed by atoms with E-state index in [-0.39, 0.29) is 5.75 Å². The van der Waals surface area contributed by atoms with Crippen LogP contribution in [0.15, 0.2) is 48.8 Å². The molecule has 2 heterocycles. The van der Waals surface area contributed by atoms with Crippen LogP contribution in [-0.4, -0.2) is 21.4 Å². The van der Waals surface area contributed by atoms with E-state index in [1.54, 1.807) is 18.2 Å². The fourth-order valence-electron chi connectivity index (χ4n) is 2.77. The number of aromatic amines is 2. The van der Waals surface area contributed by atoms with Gasteiger partial charge in [-0.1, -0.05) is 12.1 Å². The van der Waals surface area contributed by atoms with E-state index in [1.165, 1.54) is 0 Å². The molecule has 0 atom stereocenters. The van der Waals surface area contributed by atoms with Crippen molar-refractivity contribution < 1.29 is 9.90 Å². The van der Waals surface area contributed by atoms with E-state index in [9.17, 15) is 9.90 Å². The third-order valence-electron chi connectivity index (χ3n) is 3.80. The van der Waals surface area contributed by atoms with Gasteiger partial charge < -0.3 is 15.1 Å². The van der Waals surface area contributed by atoms with Crippen molar-refractivity contribution in [1.29, 1.82) is 0 Å². The Labute approximate surface area is 120 Å².